The minimum Gasteiger partial charge on any atom is -0.493 e. The van der Waals surface area contributed by atoms with Crippen LogP contribution in [0.15, 0.2) is 23.2 Å². The van der Waals surface area contributed by atoms with Crippen molar-refractivity contribution in [3.8, 4) is 11.5 Å². The summed E-state index contributed by atoms with van der Waals surface area (Å²) >= 11 is 0. The van der Waals surface area contributed by atoms with Gasteiger partial charge in [-0.15, -0.1) is 24.0 Å². The van der Waals surface area contributed by atoms with E-state index in [9.17, 15) is 8.78 Å². The van der Waals surface area contributed by atoms with Gasteiger partial charge >= 0.3 is 6.61 Å². The summed E-state index contributed by atoms with van der Waals surface area (Å²) in [5.41, 5.74) is 6.21. The van der Waals surface area contributed by atoms with E-state index in [1.807, 2.05) is 20.8 Å². The molecule has 0 atom stereocenters. The van der Waals surface area contributed by atoms with E-state index < -0.39 is 6.61 Å². The second-order valence-electron chi connectivity index (χ2n) is 5.00. The van der Waals surface area contributed by atoms with Gasteiger partial charge < -0.3 is 20.5 Å². The van der Waals surface area contributed by atoms with Gasteiger partial charge in [0.25, 0.3) is 0 Å². The van der Waals surface area contributed by atoms with Crippen LogP contribution in [0.1, 0.15) is 32.8 Å². The summed E-state index contributed by atoms with van der Waals surface area (Å²) in [7, 11) is 0. The molecule has 0 saturated heterocycles. The Labute approximate surface area is 152 Å². The molecule has 5 nitrogen and oxygen atoms in total. The first-order chi connectivity index (χ1) is 10.4. The predicted molar refractivity (Wildman–Crippen MR) is 97.9 cm³/mol. The number of aliphatic imine (C=N–C) groups is 1. The highest BCUT2D eigenvalue weighted by molar-refractivity contribution is 14.0. The van der Waals surface area contributed by atoms with Gasteiger partial charge in [-0.3, -0.25) is 0 Å². The Hall–Kier alpha value is -1.32. The van der Waals surface area contributed by atoms with E-state index in [1.54, 1.807) is 12.1 Å². The lowest BCUT2D eigenvalue weighted by Crippen LogP contribution is -2.36. The number of hydrogen-bond acceptors (Lipinski definition) is 3. The van der Waals surface area contributed by atoms with Crippen LogP contribution in [0.25, 0.3) is 0 Å². The van der Waals surface area contributed by atoms with E-state index in [1.165, 1.54) is 6.07 Å². The summed E-state index contributed by atoms with van der Waals surface area (Å²) in [6, 6.07) is 4.93. The quantitative estimate of drug-likeness (QED) is 0.367. The highest BCUT2D eigenvalue weighted by Gasteiger charge is 2.11. The van der Waals surface area contributed by atoms with Crippen molar-refractivity contribution < 1.29 is 18.3 Å². The van der Waals surface area contributed by atoms with Gasteiger partial charge in [-0.2, -0.15) is 8.78 Å². The van der Waals surface area contributed by atoms with Gasteiger partial charge in [-0.1, -0.05) is 6.92 Å². The lowest BCUT2D eigenvalue weighted by atomic mass is 10.2. The number of nitrogens with two attached hydrogens (primary N) is 1. The van der Waals surface area contributed by atoms with Crippen LogP contribution in [0.4, 0.5) is 8.78 Å². The van der Waals surface area contributed by atoms with Crippen LogP contribution in [-0.4, -0.2) is 25.2 Å². The van der Waals surface area contributed by atoms with E-state index in [4.69, 9.17) is 10.5 Å². The number of guanidine groups is 1. The molecule has 0 spiro atoms. The smallest absolute Gasteiger partial charge is 0.387 e. The second-order valence-corrected chi connectivity index (χ2v) is 5.00. The zero-order chi connectivity index (χ0) is 16.5. The standard InChI is InChI=1S/C15H23F2N3O2.HI/c1-4-7-21-12-6-5-11(13(8-12)22-14(16)17)9-19-15(18)20-10(2)3;/h5-6,8,10,14H,4,7,9H2,1-3H3,(H3,18,19,20);1H. The number of nitrogens with one attached hydrogen (secondary N) is 1. The summed E-state index contributed by atoms with van der Waals surface area (Å²) in [5, 5.41) is 2.93. The van der Waals surface area contributed by atoms with Gasteiger partial charge in [0.15, 0.2) is 5.96 Å². The zero-order valence-electron chi connectivity index (χ0n) is 13.5. The molecule has 0 fully saturated rings. The summed E-state index contributed by atoms with van der Waals surface area (Å²) in [6.45, 7) is 3.56. The molecule has 0 bridgehead atoms. The van der Waals surface area contributed by atoms with Crippen LogP contribution >= 0.6 is 24.0 Å². The molecule has 1 rings (SSSR count). The third-order valence-electron chi connectivity index (χ3n) is 2.58. The van der Waals surface area contributed by atoms with Crippen LogP contribution in [0.2, 0.25) is 0 Å². The molecule has 0 aliphatic carbocycles. The van der Waals surface area contributed by atoms with Crippen LogP contribution in [0.5, 0.6) is 11.5 Å². The van der Waals surface area contributed by atoms with Crippen molar-refractivity contribution in [2.75, 3.05) is 6.61 Å². The highest BCUT2D eigenvalue weighted by atomic mass is 127. The largest absolute Gasteiger partial charge is 0.493 e. The lowest BCUT2D eigenvalue weighted by Gasteiger charge is -2.13. The molecule has 1 aromatic carbocycles. The fourth-order valence-electron chi connectivity index (χ4n) is 1.69. The fourth-order valence-corrected chi connectivity index (χ4v) is 1.69. The molecule has 23 heavy (non-hydrogen) atoms. The first kappa shape index (κ1) is 21.7. The van der Waals surface area contributed by atoms with Crippen molar-refractivity contribution in [3.05, 3.63) is 23.8 Å². The Kier molecular flexibility index (Phi) is 10.6. The first-order valence-corrected chi connectivity index (χ1v) is 7.19. The maximum atomic E-state index is 12.5. The Bertz CT molecular complexity index is 500. The van der Waals surface area contributed by atoms with Crippen molar-refractivity contribution in [1.82, 2.24) is 5.32 Å². The van der Waals surface area contributed by atoms with E-state index >= 15 is 0 Å². The number of benzene rings is 1. The second kappa shape index (κ2) is 11.3. The zero-order valence-corrected chi connectivity index (χ0v) is 15.8. The fraction of sp³-hybridized carbons (Fsp3) is 0.533. The number of ether oxygens (including phenoxy) is 2. The molecular formula is C15H24F2IN3O2. The van der Waals surface area contributed by atoms with Crippen molar-refractivity contribution in [2.45, 2.75) is 46.4 Å². The summed E-state index contributed by atoms with van der Waals surface area (Å²) < 4.78 is 35.0. The Morgan fingerprint density at radius 1 is 1.35 bits per heavy atom. The Morgan fingerprint density at radius 3 is 2.61 bits per heavy atom. The van der Waals surface area contributed by atoms with E-state index in [-0.39, 0.29) is 48.3 Å². The molecule has 0 aliphatic heterocycles. The average Bonchev–Trinajstić information content (AvgIpc) is 2.42. The van der Waals surface area contributed by atoms with Crippen molar-refractivity contribution >= 4 is 29.9 Å². The van der Waals surface area contributed by atoms with E-state index in [0.29, 0.717) is 17.9 Å². The third kappa shape index (κ3) is 8.77. The minimum absolute atomic E-state index is 0. The molecule has 1 aromatic rings. The van der Waals surface area contributed by atoms with Crippen LogP contribution < -0.4 is 20.5 Å². The summed E-state index contributed by atoms with van der Waals surface area (Å²) in [5.74, 6) is 0.785. The predicted octanol–water partition coefficient (Wildman–Crippen LogP) is 3.51. The van der Waals surface area contributed by atoms with Crippen LogP contribution in [0.3, 0.4) is 0 Å². The molecule has 0 radical (unpaired) electrons. The van der Waals surface area contributed by atoms with Crippen molar-refractivity contribution in [2.24, 2.45) is 10.7 Å². The molecule has 8 heteroatoms. The number of halogens is 3. The van der Waals surface area contributed by atoms with Crippen LogP contribution in [0, 0.1) is 0 Å². The third-order valence-corrected chi connectivity index (χ3v) is 2.58. The Balaban J connectivity index is 0.00000484. The molecule has 132 valence electrons. The van der Waals surface area contributed by atoms with Gasteiger partial charge in [0.1, 0.15) is 11.5 Å². The van der Waals surface area contributed by atoms with Crippen molar-refractivity contribution in [1.29, 1.82) is 0 Å². The van der Waals surface area contributed by atoms with Crippen molar-refractivity contribution in [3.63, 3.8) is 0 Å². The molecule has 0 amide bonds. The topological polar surface area (TPSA) is 68.9 Å². The summed E-state index contributed by atoms with van der Waals surface area (Å²) in [4.78, 5) is 4.11. The summed E-state index contributed by atoms with van der Waals surface area (Å²) in [6.07, 6.45) is 0.828. The molecule has 3 N–H and O–H groups in total. The van der Waals surface area contributed by atoms with Gasteiger partial charge in [-0.05, 0) is 32.4 Å². The van der Waals surface area contributed by atoms with E-state index in [2.05, 4.69) is 15.0 Å². The number of rotatable bonds is 8. The molecule has 0 saturated carbocycles. The first-order valence-electron chi connectivity index (χ1n) is 7.19. The molecular weight excluding hydrogens is 419 g/mol. The Morgan fingerprint density at radius 2 is 2.04 bits per heavy atom. The SMILES string of the molecule is CCCOc1ccc(CN=C(N)NC(C)C)c(OC(F)F)c1.I. The van der Waals surface area contributed by atoms with E-state index in [0.717, 1.165) is 6.42 Å². The average molecular weight is 443 g/mol. The highest BCUT2D eigenvalue weighted by Crippen LogP contribution is 2.27. The van der Waals surface area contributed by atoms with Gasteiger partial charge in [0.2, 0.25) is 0 Å². The molecule has 0 aliphatic rings. The lowest BCUT2D eigenvalue weighted by molar-refractivity contribution is -0.0505. The number of nitrogens with zero attached hydrogens (tertiary/aromatic N) is 1. The molecule has 0 aromatic heterocycles. The van der Waals surface area contributed by atoms with Gasteiger partial charge in [0.05, 0.1) is 13.2 Å². The minimum atomic E-state index is -2.91. The van der Waals surface area contributed by atoms with Gasteiger partial charge in [0, 0.05) is 17.7 Å². The number of hydrogen-bond donors (Lipinski definition) is 2. The van der Waals surface area contributed by atoms with Crippen LogP contribution in [-0.2, 0) is 6.54 Å². The maximum absolute atomic E-state index is 12.5. The number of alkyl halides is 2. The molecule has 0 unspecified atom stereocenters. The maximum Gasteiger partial charge on any atom is 0.387 e. The van der Waals surface area contributed by atoms with Gasteiger partial charge in [-0.25, -0.2) is 4.99 Å². The molecule has 0 heterocycles. The monoisotopic (exact) mass is 443 g/mol. The normalized spacial score (nSPS) is 11.3.